The van der Waals surface area contributed by atoms with Gasteiger partial charge >= 0.3 is 0 Å². The highest BCUT2D eigenvalue weighted by atomic mass is 35.5. The molecular formula is C14H8ClN3O. The third-order valence-corrected chi connectivity index (χ3v) is 3.58. The summed E-state index contributed by atoms with van der Waals surface area (Å²) in [7, 11) is 0. The van der Waals surface area contributed by atoms with Gasteiger partial charge in [-0.1, -0.05) is 11.6 Å². The summed E-state index contributed by atoms with van der Waals surface area (Å²) in [6, 6.07) is 9.02. The van der Waals surface area contributed by atoms with Crippen LogP contribution in [0.1, 0.15) is 11.4 Å². The second kappa shape index (κ2) is 3.65. The summed E-state index contributed by atoms with van der Waals surface area (Å²) in [5.74, 6) is 0.716. The number of pyridine rings is 1. The van der Waals surface area contributed by atoms with Gasteiger partial charge in [-0.15, -0.1) is 0 Å². The van der Waals surface area contributed by atoms with Crippen LogP contribution in [-0.2, 0) is 6.42 Å². The van der Waals surface area contributed by atoms with Crippen molar-refractivity contribution in [3.8, 4) is 5.69 Å². The lowest BCUT2D eigenvalue weighted by molar-refractivity contribution is 0.908. The number of hydrogen-bond acceptors (Lipinski definition) is 3. The smallest absolute Gasteiger partial charge is 0.267 e. The molecule has 0 amide bonds. The number of rotatable bonds is 0. The summed E-state index contributed by atoms with van der Waals surface area (Å²) in [5.41, 5.74) is 2.31. The molecule has 0 fully saturated rings. The number of aromatic nitrogens is 3. The minimum Gasteiger partial charge on any atom is -0.268 e. The molecule has 1 aliphatic heterocycles. The summed E-state index contributed by atoms with van der Waals surface area (Å²) < 4.78 is 1.65. The van der Waals surface area contributed by atoms with Gasteiger partial charge in [0, 0.05) is 17.6 Å². The van der Waals surface area contributed by atoms with Crippen LogP contribution in [0.2, 0.25) is 5.02 Å². The van der Waals surface area contributed by atoms with Crippen molar-refractivity contribution < 1.29 is 0 Å². The molecule has 0 spiro atoms. The molecule has 0 radical (unpaired) electrons. The highest BCUT2D eigenvalue weighted by molar-refractivity contribution is 6.30. The van der Waals surface area contributed by atoms with E-state index in [1.807, 2.05) is 12.1 Å². The van der Waals surface area contributed by atoms with Crippen molar-refractivity contribution in [1.29, 1.82) is 0 Å². The van der Waals surface area contributed by atoms with Gasteiger partial charge in [0.2, 0.25) is 0 Å². The topological polar surface area (TPSA) is 47.8 Å². The Morgan fingerprint density at radius 1 is 1.26 bits per heavy atom. The largest absolute Gasteiger partial charge is 0.268 e. The first kappa shape index (κ1) is 10.7. The van der Waals surface area contributed by atoms with Crippen LogP contribution in [0.5, 0.6) is 0 Å². The average molecular weight is 270 g/mol. The van der Waals surface area contributed by atoms with Gasteiger partial charge in [-0.2, -0.15) is 0 Å². The maximum absolute atomic E-state index is 12.5. The van der Waals surface area contributed by atoms with E-state index in [4.69, 9.17) is 11.6 Å². The highest BCUT2D eigenvalue weighted by Gasteiger charge is 2.22. The molecule has 0 bridgehead atoms. The molecule has 0 saturated carbocycles. The molecule has 0 unspecified atom stereocenters. The van der Waals surface area contributed by atoms with Crippen LogP contribution in [0.4, 0.5) is 0 Å². The maximum Gasteiger partial charge on any atom is 0.267 e. The van der Waals surface area contributed by atoms with Crippen molar-refractivity contribution in [2.24, 2.45) is 0 Å². The van der Waals surface area contributed by atoms with E-state index in [0.717, 1.165) is 11.3 Å². The standard InChI is InChI=1S/C14H8ClN3O/c15-9-3-4-11-8(6-9)7-12-17-13-10(2-1-5-16-13)14(19)18(11)12/h1-6H,7H2. The molecule has 3 aromatic rings. The molecule has 19 heavy (non-hydrogen) atoms. The predicted octanol–water partition coefficient (Wildman–Crippen LogP) is 2.34. The molecular weight excluding hydrogens is 262 g/mol. The van der Waals surface area contributed by atoms with Crippen molar-refractivity contribution >= 4 is 22.6 Å². The SMILES string of the molecule is O=c1c2cccnc2nc2n1-c1ccc(Cl)cc1C2. The van der Waals surface area contributed by atoms with Gasteiger partial charge in [-0.3, -0.25) is 9.36 Å². The van der Waals surface area contributed by atoms with E-state index in [9.17, 15) is 4.79 Å². The third-order valence-electron chi connectivity index (χ3n) is 3.34. The van der Waals surface area contributed by atoms with Gasteiger partial charge in [-0.05, 0) is 35.9 Å². The lowest BCUT2D eigenvalue weighted by Crippen LogP contribution is -2.20. The quantitative estimate of drug-likeness (QED) is 0.492. The lowest BCUT2D eigenvalue weighted by Gasteiger charge is -2.05. The predicted molar refractivity (Wildman–Crippen MR) is 73.0 cm³/mol. The van der Waals surface area contributed by atoms with E-state index in [0.29, 0.717) is 28.3 Å². The van der Waals surface area contributed by atoms with Gasteiger partial charge in [0.1, 0.15) is 5.82 Å². The Morgan fingerprint density at radius 3 is 3.05 bits per heavy atom. The molecule has 1 aliphatic rings. The van der Waals surface area contributed by atoms with E-state index in [1.165, 1.54) is 0 Å². The zero-order chi connectivity index (χ0) is 13.0. The first-order valence-corrected chi connectivity index (χ1v) is 6.27. The average Bonchev–Trinajstić information content (AvgIpc) is 2.76. The van der Waals surface area contributed by atoms with Gasteiger partial charge in [0.05, 0.1) is 11.1 Å². The fourth-order valence-corrected chi connectivity index (χ4v) is 2.71. The summed E-state index contributed by atoms with van der Waals surface area (Å²) in [6.07, 6.45) is 2.25. The highest BCUT2D eigenvalue weighted by Crippen LogP contribution is 2.28. The van der Waals surface area contributed by atoms with E-state index < -0.39 is 0 Å². The maximum atomic E-state index is 12.5. The molecule has 2 aromatic heterocycles. The monoisotopic (exact) mass is 269 g/mol. The van der Waals surface area contributed by atoms with Crippen LogP contribution in [0, 0.1) is 0 Å². The van der Waals surface area contributed by atoms with Crippen molar-refractivity contribution in [3.05, 3.63) is 63.3 Å². The number of benzene rings is 1. The molecule has 0 N–H and O–H groups in total. The summed E-state index contributed by atoms with van der Waals surface area (Å²) in [5, 5.41) is 1.20. The van der Waals surface area contributed by atoms with Crippen LogP contribution in [0.15, 0.2) is 41.3 Å². The zero-order valence-corrected chi connectivity index (χ0v) is 10.6. The molecule has 4 nitrogen and oxygen atoms in total. The van der Waals surface area contributed by atoms with Crippen LogP contribution >= 0.6 is 11.6 Å². The number of hydrogen-bond donors (Lipinski definition) is 0. The van der Waals surface area contributed by atoms with Crippen molar-refractivity contribution in [3.63, 3.8) is 0 Å². The minimum atomic E-state index is -0.0748. The zero-order valence-electron chi connectivity index (χ0n) is 9.80. The molecule has 0 atom stereocenters. The van der Waals surface area contributed by atoms with E-state index >= 15 is 0 Å². The molecule has 1 aromatic carbocycles. The first-order valence-electron chi connectivity index (χ1n) is 5.89. The van der Waals surface area contributed by atoms with Gasteiger partial charge in [0.25, 0.3) is 5.56 Å². The number of halogens is 1. The van der Waals surface area contributed by atoms with Crippen molar-refractivity contribution in [1.82, 2.24) is 14.5 Å². The molecule has 5 heteroatoms. The third kappa shape index (κ3) is 1.43. The Bertz CT molecular complexity index is 885. The molecule has 92 valence electrons. The van der Waals surface area contributed by atoms with Crippen molar-refractivity contribution in [2.45, 2.75) is 6.42 Å². The molecule has 0 saturated heterocycles. The van der Waals surface area contributed by atoms with Crippen molar-refractivity contribution in [2.75, 3.05) is 0 Å². The molecule has 4 rings (SSSR count). The van der Waals surface area contributed by atoms with Crippen LogP contribution in [0.3, 0.4) is 0 Å². The Labute approximate surface area is 113 Å². The minimum absolute atomic E-state index is 0.0748. The van der Waals surface area contributed by atoms with Crippen LogP contribution in [0.25, 0.3) is 16.7 Å². The van der Waals surface area contributed by atoms with Gasteiger partial charge < -0.3 is 0 Å². The molecule has 0 aliphatic carbocycles. The van der Waals surface area contributed by atoms with Gasteiger partial charge in [0.15, 0.2) is 5.65 Å². The summed E-state index contributed by atoms with van der Waals surface area (Å²) in [6.45, 7) is 0. The Kier molecular flexibility index (Phi) is 2.05. The van der Waals surface area contributed by atoms with Gasteiger partial charge in [-0.25, -0.2) is 9.97 Å². The van der Waals surface area contributed by atoms with E-state index in [2.05, 4.69) is 9.97 Å². The number of fused-ring (bicyclic) bond motifs is 4. The second-order valence-electron chi connectivity index (χ2n) is 4.49. The Hall–Kier alpha value is -2.20. The Morgan fingerprint density at radius 2 is 2.16 bits per heavy atom. The first-order chi connectivity index (χ1) is 9.24. The van der Waals surface area contributed by atoms with Crippen LogP contribution in [-0.4, -0.2) is 14.5 Å². The van der Waals surface area contributed by atoms with Crippen LogP contribution < -0.4 is 5.56 Å². The number of nitrogens with zero attached hydrogens (tertiary/aromatic N) is 3. The fraction of sp³-hybridized carbons (Fsp3) is 0.0714. The van der Waals surface area contributed by atoms with E-state index in [1.54, 1.807) is 29.0 Å². The van der Waals surface area contributed by atoms with E-state index in [-0.39, 0.29) is 5.56 Å². The Balaban J connectivity index is 2.13. The normalized spacial score (nSPS) is 12.5. The summed E-state index contributed by atoms with van der Waals surface area (Å²) >= 11 is 5.99. The molecule has 3 heterocycles. The summed E-state index contributed by atoms with van der Waals surface area (Å²) in [4.78, 5) is 21.1. The fourth-order valence-electron chi connectivity index (χ4n) is 2.51. The second-order valence-corrected chi connectivity index (χ2v) is 4.93. The lowest BCUT2D eigenvalue weighted by atomic mass is 10.1.